The zero-order valence-electron chi connectivity index (χ0n) is 6.49. The minimum atomic E-state index is -0.867. The van der Waals surface area contributed by atoms with Crippen LogP contribution in [-0.2, 0) is 11.2 Å². The van der Waals surface area contributed by atoms with Gasteiger partial charge in [-0.15, -0.1) is 0 Å². The number of aromatic nitrogens is 1. The molecule has 1 aliphatic carbocycles. The second kappa shape index (κ2) is 2.62. The fraction of sp³-hybridized carbons (Fsp3) is 0.500. The summed E-state index contributed by atoms with van der Waals surface area (Å²) in [5, 5.41) is 12.1. The molecule has 1 fully saturated rings. The zero-order chi connectivity index (χ0) is 8.55. The molecule has 4 nitrogen and oxygen atoms in total. The second-order valence-electron chi connectivity index (χ2n) is 3.05. The van der Waals surface area contributed by atoms with Gasteiger partial charge in [-0.1, -0.05) is 5.16 Å². The first kappa shape index (κ1) is 7.34. The van der Waals surface area contributed by atoms with Gasteiger partial charge in [-0.05, 0) is 18.8 Å². The van der Waals surface area contributed by atoms with Crippen molar-refractivity contribution < 1.29 is 14.4 Å². The molecule has 12 heavy (non-hydrogen) atoms. The first-order chi connectivity index (χ1) is 5.77. The fourth-order valence-corrected chi connectivity index (χ4v) is 1.27. The molecular formula is C8H9NO3. The first-order valence-corrected chi connectivity index (χ1v) is 3.92. The van der Waals surface area contributed by atoms with E-state index in [2.05, 4.69) is 5.16 Å². The third kappa shape index (κ3) is 1.32. The number of carboxylic acid groups (broad SMARTS) is 1. The van der Waals surface area contributed by atoms with Crippen molar-refractivity contribution in [2.45, 2.75) is 25.2 Å². The molecule has 1 aliphatic rings. The smallest absolute Gasteiger partial charge is 0.311 e. The third-order valence-corrected chi connectivity index (χ3v) is 2.01. The molecule has 0 atom stereocenters. The summed E-state index contributed by atoms with van der Waals surface area (Å²) >= 11 is 0. The summed E-state index contributed by atoms with van der Waals surface area (Å²) in [6.07, 6.45) is 3.85. The van der Waals surface area contributed by atoms with E-state index >= 15 is 0 Å². The van der Waals surface area contributed by atoms with Gasteiger partial charge in [0.05, 0.1) is 6.20 Å². The Morgan fingerprint density at radius 1 is 1.75 bits per heavy atom. The van der Waals surface area contributed by atoms with E-state index in [0.717, 1.165) is 18.4 Å². The highest BCUT2D eigenvalue weighted by molar-refractivity contribution is 5.69. The maximum absolute atomic E-state index is 10.4. The lowest BCUT2D eigenvalue weighted by atomic mass is 10.1. The number of carboxylic acids is 1. The lowest BCUT2D eigenvalue weighted by molar-refractivity contribution is -0.136. The van der Waals surface area contributed by atoms with Crippen LogP contribution in [0.3, 0.4) is 0 Å². The maximum Gasteiger partial charge on any atom is 0.311 e. The van der Waals surface area contributed by atoms with Gasteiger partial charge in [0.25, 0.3) is 0 Å². The summed E-state index contributed by atoms with van der Waals surface area (Å²) in [7, 11) is 0. The molecule has 1 saturated carbocycles. The van der Waals surface area contributed by atoms with Gasteiger partial charge in [-0.25, -0.2) is 0 Å². The van der Waals surface area contributed by atoms with Crippen molar-refractivity contribution in [3.8, 4) is 0 Å². The first-order valence-electron chi connectivity index (χ1n) is 3.92. The molecule has 0 amide bonds. The van der Waals surface area contributed by atoms with Crippen LogP contribution in [0, 0.1) is 0 Å². The van der Waals surface area contributed by atoms with Gasteiger partial charge in [0.15, 0.2) is 5.76 Å². The second-order valence-corrected chi connectivity index (χ2v) is 3.05. The highest BCUT2D eigenvalue weighted by atomic mass is 16.5. The lowest BCUT2D eigenvalue weighted by Gasteiger charge is -1.93. The van der Waals surface area contributed by atoms with Crippen molar-refractivity contribution in [2.75, 3.05) is 0 Å². The summed E-state index contributed by atoms with van der Waals surface area (Å²) in [5.41, 5.74) is 0.984. The molecule has 1 aromatic heterocycles. The SMILES string of the molecule is O=C(O)Cc1oncc1C1CC1. The molecule has 1 aromatic rings. The van der Waals surface area contributed by atoms with Gasteiger partial charge in [-0.3, -0.25) is 4.79 Å². The number of hydrogen-bond acceptors (Lipinski definition) is 3. The molecule has 0 unspecified atom stereocenters. The molecular weight excluding hydrogens is 158 g/mol. The van der Waals surface area contributed by atoms with Crippen LogP contribution in [0.4, 0.5) is 0 Å². The van der Waals surface area contributed by atoms with Crippen molar-refractivity contribution in [1.29, 1.82) is 0 Å². The van der Waals surface area contributed by atoms with Crippen LogP contribution in [0.15, 0.2) is 10.7 Å². The monoisotopic (exact) mass is 167 g/mol. The van der Waals surface area contributed by atoms with E-state index in [1.807, 2.05) is 0 Å². The third-order valence-electron chi connectivity index (χ3n) is 2.01. The largest absolute Gasteiger partial charge is 0.481 e. The highest BCUT2D eigenvalue weighted by Gasteiger charge is 2.29. The maximum atomic E-state index is 10.4. The molecule has 1 heterocycles. The van der Waals surface area contributed by atoms with Gasteiger partial charge in [-0.2, -0.15) is 0 Å². The molecule has 0 bridgehead atoms. The van der Waals surface area contributed by atoms with Crippen LogP contribution in [0.5, 0.6) is 0 Å². The van der Waals surface area contributed by atoms with Crippen molar-refractivity contribution in [3.63, 3.8) is 0 Å². The van der Waals surface area contributed by atoms with E-state index in [0.29, 0.717) is 11.7 Å². The van der Waals surface area contributed by atoms with Gasteiger partial charge in [0.2, 0.25) is 0 Å². The van der Waals surface area contributed by atoms with Crippen molar-refractivity contribution in [1.82, 2.24) is 5.16 Å². The van der Waals surface area contributed by atoms with Gasteiger partial charge in [0, 0.05) is 5.56 Å². The Bertz CT molecular complexity index is 301. The average Bonchev–Trinajstić information content (AvgIpc) is 2.73. The Kier molecular flexibility index (Phi) is 1.60. The van der Waals surface area contributed by atoms with Crippen LogP contribution in [0.1, 0.15) is 30.1 Å². The van der Waals surface area contributed by atoms with Crippen LogP contribution >= 0.6 is 0 Å². The number of nitrogens with zero attached hydrogens (tertiary/aromatic N) is 1. The predicted molar refractivity (Wildman–Crippen MR) is 39.8 cm³/mol. The Morgan fingerprint density at radius 3 is 3.08 bits per heavy atom. The molecule has 0 aliphatic heterocycles. The van der Waals surface area contributed by atoms with Crippen LogP contribution in [-0.4, -0.2) is 16.2 Å². The zero-order valence-corrected chi connectivity index (χ0v) is 6.49. The van der Waals surface area contributed by atoms with Crippen molar-refractivity contribution >= 4 is 5.97 Å². The Hall–Kier alpha value is -1.32. The van der Waals surface area contributed by atoms with Gasteiger partial charge < -0.3 is 9.63 Å². The van der Waals surface area contributed by atoms with Crippen molar-refractivity contribution in [3.05, 3.63) is 17.5 Å². The van der Waals surface area contributed by atoms with Crippen LogP contribution in [0.2, 0.25) is 0 Å². The number of rotatable bonds is 3. The van der Waals surface area contributed by atoms with Crippen molar-refractivity contribution in [2.24, 2.45) is 0 Å². The summed E-state index contributed by atoms with van der Waals surface area (Å²) in [6.45, 7) is 0. The minimum Gasteiger partial charge on any atom is -0.481 e. The molecule has 0 radical (unpaired) electrons. The summed E-state index contributed by atoms with van der Waals surface area (Å²) in [5.74, 6) is 0.157. The van der Waals surface area contributed by atoms with E-state index in [-0.39, 0.29) is 6.42 Å². The Balaban J connectivity index is 2.18. The summed E-state index contributed by atoms with van der Waals surface area (Å²) < 4.78 is 4.85. The van der Waals surface area contributed by atoms with E-state index in [4.69, 9.17) is 9.63 Å². The molecule has 2 rings (SSSR count). The Morgan fingerprint density at radius 2 is 2.50 bits per heavy atom. The summed E-state index contributed by atoms with van der Waals surface area (Å²) in [6, 6.07) is 0. The standard InChI is InChI=1S/C8H9NO3/c10-8(11)3-7-6(4-9-12-7)5-1-2-5/h4-5H,1-3H2,(H,10,11). The number of carbonyl (C=O) groups is 1. The molecule has 4 heteroatoms. The molecule has 0 aromatic carbocycles. The molecule has 64 valence electrons. The van der Waals surface area contributed by atoms with E-state index in [1.165, 1.54) is 0 Å². The normalized spacial score (nSPS) is 16.3. The fourth-order valence-electron chi connectivity index (χ4n) is 1.27. The van der Waals surface area contributed by atoms with E-state index < -0.39 is 5.97 Å². The van der Waals surface area contributed by atoms with E-state index in [1.54, 1.807) is 6.20 Å². The predicted octanol–water partition coefficient (Wildman–Crippen LogP) is 1.18. The molecule has 1 N–H and O–H groups in total. The van der Waals surface area contributed by atoms with E-state index in [9.17, 15) is 4.79 Å². The van der Waals surface area contributed by atoms with Crippen LogP contribution < -0.4 is 0 Å². The minimum absolute atomic E-state index is 0.0498. The molecule has 0 spiro atoms. The Labute approximate surface area is 69.2 Å². The lowest BCUT2D eigenvalue weighted by Crippen LogP contribution is -2.00. The highest BCUT2D eigenvalue weighted by Crippen LogP contribution is 2.41. The summed E-state index contributed by atoms with van der Waals surface area (Å²) in [4.78, 5) is 10.4. The number of hydrogen-bond donors (Lipinski definition) is 1. The van der Waals surface area contributed by atoms with Crippen LogP contribution in [0.25, 0.3) is 0 Å². The average molecular weight is 167 g/mol. The topological polar surface area (TPSA) is 63.3 Å². The number of aliphatic carboxylic acids is 1. The van der Waals surface area contributed by atoms with Gasteiger partial charge >= 0.3 is 5.97 Å². The van der Waals surface area contributed by atoms with Gasteiger partial charge in [0.1, 0.15) is 6.42 Å². The molecule has 0 saturated heterocycles. The quantitative estimate of drug-likeness (QED) is 0.734.